The summed E-state index contributed by atoms with van der Waals surface area (Å²) < 4.78 is 2.39. The van der Waals surface area contributed by atoms with Gasteiger partial charge < -0.3 is 5.11 Å². The fourth-order valence-electron chi connectivity index (χ4n) is 1.59. The zero-order valence-electron chi connectivity index (χ0n) is 10.9. The summed E-state index contributed by atoms with van der Waals surface area (Å²) in [5.74, 6) is -1.11. The van der Waals surface area contributed by atoms with Gasteiger partial charge in [-0.25, -0.2) is 0 Å². The molecule has 114 valence electrons. The van der Waals surface area contributed by atoms with Crippen LogP contribution in [0.5, 0.6) is 5.75 Å². The Hall–Kier alpha value is -0.630. The van der Waals surface area contributed by atoms with Crippen LogP contribution in [0.3, 0.4) is 0 Å². The minimum Gasteiger partial charge on any atom is -0.506 e. The van der Waals surface area contributed by atoms with Crippen LogP contribution in [0, 0.1) is 10.7 Å². The van der Waals surface area contributed by atoms with Gasteiger partial charge in [0.25, 0.3) is 11.8 Å². The molecule has 2 rings (SSSR count). The van der Waals surface area contributed by atoms with Crippen LogP contribution in [-0.2, 0) is 0 Å². The van der Waals surface area contributed by atoms with Gasteiger partial charge in [-0.05, 0) is 104 Å². The van der Waals surface area contributed by atoms with Crippen LogP contribution in [0.15, 0.2) is 36.4 Å². The van der Waals surface area contributed by atoms with Crippen LogP contribution >= 0.6 is 67.8 Å². The molecule has 0 bridgehead atoms. The molecule has 3 N–H and O–H groups in total. The summed E-state index contributed by atoms with van der Waals surface area (Å²) in [6, 6.07) is 10.2. The van der Waals surface area contributed by atoms with Crippen molar-refractivity contribution < 1.29 is 14.7 Å². The fraction of sp³-hybridized carbons (Fsp3) is 0. The lowest BCUT2D eigenvalue weighted by atomic mass is 10.2. The molecule has 22 heavy (non-hydrogen) atoms. The molecule has 2 aromatic carbocycles. The Bertz CT molecular complexity index is 733. The molecule has 2 aromatic rings. The van der Waals surface area contributed by atoms with E-state index in [1.807, 2.05) is 22.6 Å². The number of benzene rings is 2. The average molecular weight is 634 g/mol. The summed E-state index contributed by atoms with van der Waals surface area (Å²) >= 11 is 6.13. The summed E-state index contributed by atoms with van der Waals surface area (Å²) in [6.07, 6.45) is 0. The minimum absolute atomic E-state index is 0.109. The molecule has 0 radical (unpaired) electrons. The predicted octanol–water partition coefficient (Wildman–Crippen LogP) is 3.28. The zero-order chi connectivity index (χ0) is 16.3. The van der Waals surface area contributed by atoms with E-state index in [1.165, 1.54) is 0 Å². The highest BCUT2D eigenvalue weighted by Crippen LogP contribution is 2.26. The third kappa shape index (κ3) is 4.44. The Morgan fingerprint density at radius 1 is 0.864 bits per heavy atom. The third-order valence-electron chi connectivity index (χ3n) is 2.67. The molecule has 2 amide bonds. The number of amides is 2. The van der Waals surface area contributed by atoms with E-state index in [1.54, 1.807) is 36.4 Å². The first kappa shape index (κ1) is 17.7. The van der Waals surface area contributed by atoms with Gasteiger partial charge in [-0.1, -0.05) is 0 Å². The standard InChI is InChI=1S/C14H9I3N2O3/c15-8-3-1-7(2-4-8)13(21)18-19-14(22)10-5-9(16)6-11(17)12(10)20/h1-6,20H,(H,18,21)(H,19,22). The van der Waals surface area contributed by atoms with Crippen LogP contribution in [0.2, 0.25) is 0 Å². The van der Waals surface area contributed by atoms with E-state index in [0.717, 1.165) is 7.14 Å². The van der Waals surface area contributed by atoms with Crippen LogP contribution in [-0.4, -0.2) is 16.9 Å². The van der Waals surface area contributed by atoms with Crippen molar-refractivity contribution in [3.05, 3.63) is 58.2 Å². The van der Waals surface area contributed by atoms with Crippen molar-refractivity contribution in [1.29, 1.82) is 0 Å². The molecule has 0 aliphatic carbocycles. The second-order valence-corrected chi connectivity index (χ2v) is 7.85. The summed E-state index contributed by atoms with van der Waals surface area (Å²) in [5.41, 5.74) is 5.17. The van der Waals surface area contributed by atoms with E-state index in [2.05, 4.69) is 56.0 Å². The lowest BCUT2D eigenvalue weighted by Crippen LogP contribution is -2.41. The van der Waals surface area contributed by atoms with Gasteiger partial charge in [0.2, 0.25) is 0 Å². The van der Waals surface area contributed by atoms with Crippen molar-refractivity contribution in [2.24, 2.45) is 0 Å². The number of hydrogen-bond donors (Lipinski definition) is 3. The highest BCUT2D eigenvalue weighted by Gasteiger charge is 2.15. The zero-order valence-corrected chi connectivity index (χ0v) is 17.3. The van der Waals surface area contributed by atoms with Gasteiger partial charge in [-0.15, -0.1) is 0 Å². The quantitative estimate of drug-likeness (QED) is 0.351. The van der Waals surface area contributed by atoms with Crippen molar-refractivity contribution in [1.82, 2.24) is 10.9 Å². The van der Waals surface area contributed by atoms with Gasteiger partial charge in [0.15, 0.2) is 0 Å². The Labute approximate surface area is 167 Å². The van der Waals surface area contributed by atoms with Crippen molar-refractivity contribution in [2.75, 3.05) is 0 Å². The van der Waals surface area contributed by atoms with Crippen LogP contribution in [0.1, 0.15) is 20.7 Å². The number of rotatable bonds is 2. The van der Waals surface area contributed by atoms with E-state index in [0.29, 0.717) is 9.13 Å². The second-order valence-electron chi connectivity index (χ2n) is 4.20. The molecule has 0 unspecified atom stereocenters. The van der Waals surface area contributed by atoms with Crippen LogP contribution < -0.4 is 10.9 Å². The first-order valence-electron chi connectivity index (χ1n) is 5.92. The predicted molar refractivity (Wildman–Crippen MR) is 108 cm³/mol. The first-order chi connectivity index (χ1) is 10.4. The maximum absolute atomic E-state index is 12.1. The summed E-state index contributed by atoms with van der Waals surface area (Å²) in [6.45, 7) is 0. The van der Waals surface area contributed by atoms with Gasteiger partial charge in [-0.2, -0.15) is 0 Å². The molecule has 0 aliphatic rings. The Morgan fingerprint density at radius 2 is 1.45 bits per heavy atom. The molecule has 0 spiro atoms. The average Bonchev–Trinajstić information content (AvgIpc) is 2.48. The largest absolute Gasteiger partial charge is 0.506 e. The van der Waals surface area contributed by atoms with Gasteiger partial charge in [0.05, 0.1) is 9.13 Å². The van der Waals surface area contributed by atoms with E-state index >= 15 is 0 Å². The lowest BCUT2D eigenvalue weighted by Gasteiger charge is -2.10. The molecule has 0 aromatic heterocycles. The van der Waals surface area contributed by atoms with Gasteiger partial charge in [-0.3, -0.25) is 20.4 Å². The van der Waals surface area contributed by atoms with Crippen molar-refractivity contribution in [3.8, 4) is 5.75 Å². The first-order valence-corrected chi connectivity index (χ1v) is 9.16. The Kier molecular flexibility index (Phi) is 6.26. The molecule has 5 nitrogen and oxygen atoms in total. The number of hydrazine groups is 1. The Balaban J connectivity index is 2.07. The molecule has 0 saturated carbocycles. The number of carbonyl (C=O) groups is 2. The maximum atomic E-state index is 12.1. The third-order valence-corrected chi connectivity index (χ3v) is 4.83. The molecule has 0 aliphatic heterocycles. The molecular formula is C14H9I3N2O3. The number of halogens is 3. The second kappa shape index (κ2) is 7.77. The van der Waals surface area contributed by atoms with E-state index in [9.17, 15) is 14.7 Å². The number of phenols is 1. The fourth-order valence-corrected chi connectivity index (χ4v) is 3.80. The van der Waals surface area contributed by atoms with Gasteiger partial charge in [0.1, 0.15) is 5.75 Å². The SMILES string of the molecule is O=C(NNC(=O)c1cc(I)cc(I)c1O)c1ccc(I)cc1. The topological polar surface area (TPSA) is 78.4 Å². The summed E-state index contributed by atoms with van der Waals surface area (Å²) in [4.78, 5) is 24.0. The van der Waals surface area contributed by atoms with Gasteiger partial charge in [0, 0.05) is 12.7 Å². The lowest BCUT2D eigenvalue weighted by molar-refractivity contribution is 0.0845. The van der Waals surface area contributed by atoms with Crippen molar-refractivity contribution in [2.45, 2.75) is 0 Å². The number of aromatic hydroxyl groups is 1. The molecule has 0 saturated heterocycles. The molecule has 8 heteroatoms. The van der Waals surface area contributed by atoms with Crippen molar-refractivity contribution >= 4 is 79.6 Å². The number of hydrogen-bond acceptors (Lipinski definition) is 3. The van der Waals surface area contributed by atoms with E-state index in [-0.39, 0.29) is 11.3 Å². The molecule has 0 fully saturated rings. The Morgan fingerprint density at radius 3 is 2.09 bits per heavy atom. The molecule has 0 atom stereocenters. The molecule has 0 heterocycles. The monoisotopic (exact) mass is 634 g/mol. The summed E-state index contributed by atoms with van der Waals surface area (Å²) in [7, 11) is 0. The maximum Gasteiger partial charge on any atom is 0.273 e. The van der Waals surface area contributed by atoms with Gasteiger partial charge >= 0.3 is 0 Å². The summed E-state index contributed by atoms with van der Waals surface area (Å²) in [5, 5.41) is 9.92. The highest BCUT2D eigenvalue weighted by molar-refractivity contribution is 14.1. The number of carbonyl (C=O) groups excluding carboxylic acids is 2. The highest BCUT2D eigenvalue weighted by atomic mass is 127. The van der Waals surface area contributed by atoms with E-state index < -0.39 is 11.8 Å². The number of nitrogens with one attached hydrogen (secondary N) is 2. The number of phenolic OH excluding ortho intramolecular Hbond substituents is 1. The smallest absolute Gasteiger partial charge is 0.273 e. The van der Waals surface area contributed by atoms with Crippen LogP contribution in [0.25, 0.3) is 0 Å². The van der Waals surface area contributed by atoms with E-state index in [4.69, 9.17) is 0 Å². The molecular weight excluding hydrogens is 625 g/mol. The minimum atomic E-state index is -0.576. The van der Waals surface area contributed by atoms with Crippen LogP contribution in [0.4, 0.5) is 0 Å². The normalized spacial score (nSPS) is 10.1. The van der Waals surface area contributed by atoms with Crippen molar-refractivity contribution in [3.63, 3.8) is 0 Å².